The van der Waals surface area contributed by atoms with Gasteiger partial charge in [0.25, 0.3) is 0 Å². The smallest absolute Gasteiger partial charge is 0.0383 e. The zero-order chi connectivity index (χ0) is 13.9. The third-order valence-corrected chi connectivity index (χ3v) is 5.02. The Balaban J connectivity index is 2.10. The lowest BCUT2D eigenvalue weighted by molar-refractivity contribution is 0.261. The SMILES string of the molecule is CCCCCCCCCC(CC(C)C)C1CCCC1. The molecule has 0 aromatic heterocycles. The highest BCUT2D eigenvalue weighted by molar-refractivity contribution is 4.76. The van der Waals surface area contributed by atoms with Gasteiger partial charge in [-0.1, -0.05) is 97.8 Å². The Hall–Kier alpha value is 0. The molecule has 0 heterocycles. The maximum atomic E-state index is 2.41. The second kappa shape index (κ2) is 10.7. The predicted octanol–water partition coefficient (Wildman–Crippen LogP) is 6.98. The third kappa shape index (κ3) is 8.00. The van der Waals surface area contributed by atoms with Crippen molar-refractivity contribution in [1.29, 1.82) is 0 Å². The van der Waals surface area contributed by atoms with E-state index in [1.165, 1.54) is 83.5 Å². The molecule has 0 heteroatoms. The first-order valence-electron chi connectivity index (χ1n) is 9.24. The highest BCUT2D eigenvalue weighted by atomic mass is 14.3. The molecule has 1 aliphatic carbocycles. The standard InChI is InChI=1S/C19H38/c1-4-5-6-7-8-9-10-15-19(16-17(2)3)18-13-11-12-14-18/h17-19H,4-16H2,1-3H3. The van der Waals surface area contributed by atoms with Crippen LogP contribution in [0.4, 0.5) is 0 Å². The lowest BCUT2D eigenvalue weighted by Gasteiger charge is -2.25. The van der Waals surface area contributed by atoms with Gasteiger partial charge in [-0.15, -0.1) is 0 Å². The molecule has 0 amide bonds. The number of unbranched alkanes of at least 4 members (excludes halogenated alkanes) is 6. The number of hydrogen-bond acceptors (Lipinski definition) is 0. The fourth-order valence-corrected chi connectivity index (χ4v) is 3.94. The summed E-state index contributed by atoms with van der Waals surface area (Å²) in [7, 11) is 0. The van der Waals surface area contributed by atoms with Crippen LogP contribution >= 0.6 is 0 Å². The van der Waals surface area contributed by atoms with Crippen molar-refractivity contribution in [3.8, 4) is 0 Å². The van der Waals surface area contributed by atoms with Gasteiger partial charge in [0, 0.05) is 0 Å². The van der Waals surface area contributed by atoms with Crippen molar-refractivity contribution in [3.63, 3.8) is 0 Å². The minimum absolute atomic E-state index is 0.898. The second-order valence-electron chi connectivity index (χ2n) is 7.34. The van der Waals surface area contributed by atoms with Gasteiger partial charge in [0.2, 0.25) is 0 Å². The van der Waals surface area contributed by atoms with Gasteiger partial charge in [0.1, 0.15) is 0 Å². The summed E-state index contributed by atoms with van der Waals surface area (Å²) in [6, 6.07) is 0. The zero-order valence-corrected chi connectivity index (χ0v) is 13.9. The molecule has 1 atom stereocenters. The van der Waals surface area contributed by atoms with Crippen LogP contribution in [0.1, 0.15) is 104 Å². The zero-order valence-electron chi connectivity index (χ0n) is 13.9. The van der Waals surface area contributed by atoms with E-state index in [2.05, 4.69) is 20.8 Å². The Morgan fingerprint density at radius 2 is 1.42 bits per heavy atom. The van der Waals surface area contributed by atoms with E-state index in [4.69, 9.17) is 0 Å². The maximum absolute atomic E-state index is 2.41. The minimum atomic E-state index is 0.898. The first-order valence-corrected chi connectivity index (χ1v) is 9.24. The van der Waals surface area contributed by atoms with Crippen LogP contribution in [-0.2, 0) is 0 Å². The van der Waals surface area contributed by atoms with Crippen molar-refractivity contribution in [2.75, 3.05) is 0 Å². The highest BCUT2D eigenvalue weighted by Gasteiger charge is 2.24. The van der Waals surface area contributed by atoms with Gasteiger partial charge in [-0.05, 0) is 24.2 Å². The molecule has 1 rings (SSSR count). The van der Waals surface area contributed by atoms with Crippen molar-refractivity contribution >= 4 is 0 Å². The Bertz CT molecular complexity index is 188. The van der Waals surface area contributed by atoms with E-state index in [1.54, 1.807) is 0 Å². The summed E-state index contributed by atoms with van der Waals surface area (Å²) in [5, 5.41) is 0. The molecule has 0 N–H and O–H groups in total. The van der Waals surface area contributed by atoms with Crippen LogP contribution in [0.15, 0.2) is 0 Å². The van der Waals surface area contributed by atoms with E-state index >= 15 is 0 Å². The fourth-order valence-electron chi connectivity index (χ4n) is 3.94. The quantitative estimate of drug-likeness (QED) is 0.354. The predicted molar refractivity (Wildman–Crippen MR) is 87.5 cm³/mol. The normalized spacial score (nSPS) is 18.3. The van der Waals surface area contributed by atoms with Gasteiger partial charge in [-0.2, -0.15) is 0 Å². The molecule has 0 aromatic rings. The molecule has 1 saturated carbocycles. The molecule has 19 heavy (non-hydrogen) atoms. The Morgan fingerprint density at radius 1 is 0.842 bits per heavy atom. The van der Waals surface area contributed by atoms with Crippen LogP contribution in [-0.4, -0.2) is 0 Å². The van der Waals surface area contributed by atoms with Crippen molar-refractivity contribution in [2.24, 2.45) is 17.8 Å². The molecule has 1 unspecified atom stereocenters. The van der Waals surface area contributed by atoms with E-state index < -0.39 is 0 Å². The third-order valence-electron chi connectivity index (χ3n) is 5.02. The maximum Gasteiger partial charge on any atom is -0.0383 e. The Labute approximate surface area is 122 Å². The van der Waals surface area contributed by atoms with E-state index in [0.717, 1.165) is 17.8 Å². The van der Waals surface area contributed by atoms with Gasteiger partial charge >= 0.3 is 0 Å². The van der Waals surface area contributed by atoms with Crippen molar-refractivity contribution in [1.82, 2.24) is 0 Å². The van der Waals surface area contributed by atoms with Crippen molar-refractivity contribution in [3.05, 3.63) is 0 Å². The van der Waals surface area contributed by atoms with Crippen LogP contribution in [0.3, 0.4) is 0 Å². The molecule has 0 nitrogen and oxygen atoms in total. The lowest BCUT2D eigenvalue weighted by atomic mass is 9.81. The van der Waals surface area contributed by atoms with E-state index in [1.807, 2.05) is 0 Å². The van der Waals surface area contributed by atoms with Crippen molar-refractivity contribution < 1.29 is 0 Å². The Kier molecular flexibility index (Phi) is 9.65. The summed E-state index contributed by atoms with van der Waals surface area (Å²) >= 11 is 0. The molecule has 0 saturated heterocycles. The first kappa shape index (κ1) is 17.1. The van der Waals surface area contributed by atoms with Crippen LogP contribution in [0, 0.1) is 17.8 Å². The van der Waals surface area contributed by atoms with Crippen LogP contribution in [0.2, 0.25) is 0 Å². The van der Waals surface area contributed by atoms with Gasteiger partial charge in [0.05, 0.1) is 0 Å². The first-order chi connectivity index (χ1) is 9.24. The lowest BCUT2D eigenvalue weighted by Crippen LogP contribution is -2.14. The average molecular weight is 267 g/mol. The number of hydrogen-bond donors (Lipinski definition) is 0. The van der Waals surface area contributed by atoms with Gasteiger partial charge in [-0.25, -0.2) is 0 Å². The molecule has 1 aliphatic rings. The molecule has 1 fully saturated rings. The summed E-state index contributed by atoms with van der Waals surface area (Å²) in [6.45, 7) is 7.12. The molecule has 0 spiro atoms. The molecule has 0 aliphatic heterocycles. The van der Waals surface area contributed by atoms with Gasteiger partial charge in [-0.3, -0.25) is 0 Å². The van der Waals surface area contributed by atoms with Gasteiger partial charge in [0.15, 0.2) is 0 Å². The van der Waals surface area contributed by atoms with E-state index in [-0.39, 0.29) is 0 Å². The van der Waals surface area contributed by atoms with Crippen LogP contribution in [0.25, 0.3) is 0 Å². The van der Waals surface area contributed by atoms with E-state index in [0.29, 0.717) is 0 Å². The number of rotatable bonds is 11. The molecular formula is C19H38. The summed E-state index contributed by atoms with van der Waals surface area (Å²) in [5.74, 6) is 3.04. The largest absolute Gasteiger partial charge is 0.0654 e. The fraction of sp³-hybridized carbons (Fsp3) is 1.00. The summed E-state index contributed by atoms with van der Waals surface area (Å²) in [5.41, 5.74) is 0. The Morgan fingerprint density at radius 3 is 2.00 bits per heavy atom. The van der Waals surface area contributed by atoms with Crippen LogP contribution in [0.5, 0.6) is 0 Å². The highest BCUT2D eigenvalue weighted by Crippen LogP contribution is 2.37. The molecule has 0 aromatic carbocycles. The summed E-state index contributed by atoms with van der Waals surface area (Å²) in [4.78, 5) is 0. The summed E-state index contributed by atoms with van der Waals surface area (Å²) in [6.07, 6.45) is 19.3. The van der Waals surface area contributed by atoms with Crippen molar-refractivity contribution in [2.45, 2.75) is 104 Å². The summed E-state index contributed by atoms with van der Waals surface area (Å²) < 4.78 is 0. The second-order valence-corrected chi connectivity index (χ2v) is 7.34. The van der Waals surface area contributed by atoms with E-state index in [9.17, 15) is 0 Å². The molecule has 0 bridgehead atoms. The topological polar surface area (TPSA) is 0 Å². The van der Waals surface area contributed by atoms with Gasteiger partial charge < -0.3 is 0 Å². The average Bonchev–Trinajstić information content (AvgIpc) is 2.89. The minimum Gasteiger partial charge on any atom is -0.0654 e. The molecular weight excluding hydrogens is 228 g/mol. The monoisotopic (exact) mass is 266 g/mol. The molecule has 114 valence electrons. The molecule has 0 radical (unpaired) electrons. The van der Waals surface area contributed by atoms with Crippen LogP contribution < -0.4 is 0 Å².